The SMILES string of the molecule is CC(C)O[C@H]1[C@H](O[C@@H]2OC=C3C(=O)O[C@@H]4CC[C@@H](CO)[C@H]4CSSC[C@H](CO)[NH+]4C=C(C(=O)O)C(NC(N)=NCCCO)=C(/C=C/[C@H]3[C@H]2C=C2CCCC2)C4)O[C@H](CO)[C@@H](O)C1(O)O. The molecule has 64 heavy (non-hydrogen) atoms. The molecule has 4 aliphatic heterocycles. The number of aliphatic imine (C=N–C) groups is 1. The number of carbonyl (C=O) groups is 2. The molecule has 0 spiro atoms. The quantitative estimate of drug-likeness (QED) is 0.0205. The molecule has 1 unspecified atom stereocenters. The van der Waals surface area contributed by atoms with Crippen molar-refractivity contribution in [3.05, 3.63) is 58.7 Å². The number of carbonyl (C=O) groups excluding carboxylic acids is 1. The summed E-state index contributed by atoms with van der Waals surface area (Å²) in [6.07, 6.45) is 3.83. The molecular weight excluding hydrogens is 877 g/mol. The minimum atomic E-state index is -2.93. The van der Waals surface area contributed by atoms with Gasteiger partial charge in [0.25, 0.3) is 0 Å². The minimum absolute atomic E-state index is 0.0836. The first-order valence-corrected chi connectivity index (χ1v) is 24.5. The number of carboxylic acid groups (broad SMARTS) is 1. The van der Waals surface area contributed by atoms with Gasteiger partial charge < -0.3 is 75.6 Å². The lowest BCUT2D eigenvalue weighted by atomic mass is 9.81. The molecule has 6 aliphatic rings. The normalized spacial score (nSPS) is 35.4. The second kappa shape index (κ2) is 23.1. The predicted molar refractivity (Wildman–Crippen MR) is 235 cm³/mol. The van der Waals surface area contributed by atoms with Gasteiger partial charge in [-0.25, -0.2) is 9.59 Å². The molecule has 2 aliphatic carbocycles. The smallest absolute Gasteiger partial charge is 0.343 e. The van der Waals surface area contributed by atoms with Crippen LogP contribution >= 0.6 is 21.6 Å². The molecule has 1 saturated heterocycles. The maximum atomic E-state index is 14.6. The molecule has 19 nitrogen and oxygen atoms in total. The molecule has 21 heteroatoms. The fourth-order valence-electron chi connectivity index (χ4n) is 9.11. The molecule has 6 rings (SSSR count). The van der Waals surface area contributed by atoms with Gasteiger partial charge in [0.1, 0.15) is 42.7 Å². The molecule has 12 N–H and O–H groups in total. The standard InChI is InChI=1S/C43H64N4O15S2/c1-23(2)59-37-41(61-34(19-51)36(52)43(37,56)57)62-40-29(14-24-6-3-4-7-24)28-10-8-25-15-47(16-30(38(53)54)35(25)46-42(44)45-12-5-13-48)27(18-50)21-63-64-22-32-26(17-49)9-11-33(32)60-39(55)31(28)20-58-40/h8,10,14,16,20,23,26-29,32-34,36-37,40-41,48-52,56-57H,3-7,9,11-13,15,17-19,21-22H2,1-2H3,(H,53,54)(H3,44,45,46)/p+1/b10-8+/t26-,27-,28-,29+,32+,33+,34+,36+,37-,40-,41-/m0/s1. The van der Waals surface area contributed by atoms with Crippen molar-refractivity contribution in [2.24, 2.45) is 34.4 Å². The average Bonchev–Trinajstić information content (AvgIpc) is 3.93. The number of aliphatic hydroxyl groups excluding tert-OH is 5. The highest BCUT2D eigenvalue weighted by molar-refractivity contribution is 8.76. The first-order valence-electron chi connectivity index (χ1n) is 22.0. The third-order valence-corrected chi connectivity index (χ3v) is 15.2. The zero-order valence-corrected chi connectivity index (χ0v) is 37.8. The molecule has 0 aromatic heterocycles. The predicted octanol–water partition coefficient (Wildman–Crippen LogP) is -0.821. The molecule has 2 saturated carbocycles. The zero-order valence-electron chi connectivity index (χ0n) is 36.2. The summed E-state index contributed by atoms with van der Waals surface area (Å²) in [5.41, 5.74) is 7.91. The summed E-state index contributed by atoms with van der Waals surface area (Å²) in [5, 5.41) is 87.3. The maximum Gasteiger partial charge on any atom is 0.343 e. The number of rotatable bonds is 13. The van der Waals surface area contributed by atoms with Crippen LogP contribution in [0.25, 0.3) is 0 Å². The number of ether oxygens (including phenoxy) is 5. The highest BCUT2D eigenvalue weighted by atomic mass is 33.1. The summed E-state index contributed by atoms with van der Waals surface area (Å²) in [5.74, 6) is -6.00. The number of hydrogen-bond donors (Lipinski definition) is 11. The van der Waals surface area contributed by atoms with Crippen molar-refractivity contribution < 1.29 is 79.0 Å². The number of fused-ring (bicyclic) bond motifs is 4. The van der Waals surface area contributed by atoms with E-state index in [0.717, 1.165) is 31.3 Å². The van der Waals surface area contributed by atoms with Crippen LogP contribution in [0.15, 0.2) is 63.7 Å². The minimum Gasteiger partial charge on any atom is -0.477 e. The lowest BCUT2D eigenvalue weighted by Gasteiger charge is -2.48. The van der Waals surface area contributed by atoms with Crippen molar-refractivity contribution in [1.82, 2.24) is 5.32 Å². The molecule has 0 aromatic carbocycles. The highest BCUT2D eigenvalue weighted by Gasteiger charge is 2.58. The second-order valence-electron chi connectivity index (χ2n) is 17.3. The molecule has 3 fully saturated rings. The van der Waals surface area contributed by atoms with Crippen LogP contribution in [0.1, 0.15) is 58.8 Å². The number of nitrogens with zero attached hydrogens (tertiary/aromatic N) is 1. The van der Waals surface area contributed by atoms with E-state index in [4.69, 9.17) is 29.4 Å². The number of aliphatic hydroxyl groups is 7. The van der Waals surface area contributed by atoms with Gasteiger partial charge in [-0.1, -0.05) is 45.4 Å². The Hall–Kier alpha value is -3.03. The van der Waals surface area contributed by atoms with Gasteiger partial charge in [0.2, 0.25) is 12.1 Å². The van der Waals surface area contributed by atoms with E-state index >= 15 is 0 Å². The Labute approximate surface area is 380 Å². The Kier molecular flexibility index (Phi) is 18.2. The Morgan fingerprint density at radius 3 is 2.52 bits per heavy atom. The molecule has 0 radical (unpaired) electrons. The molecule has 0 amide bonds. The zero-order chi connectivity index (χ0) is 46.1. The lowest BCUT2D eigenvalue weighted by molar-refractivity contribution is -0.867. The van der Waals surface area contributed by atoms with Crippen molar-refractivity contribution >= 4 is 39.5 Å². The highest BCUT2D eigenvalue weighted by Crippen LogP contribution is 2.43. The van der Waals surface area contributed by atoms with Crippen LogP contribution < -0.4 is 16.0 Å². The van der Waals surface area contributed by atoms with Gasteiger partial charge >= 0.3 is 11.9 Å². The number of guanidine groups is 1. The summed E-state index contributed by atoms with van der Waals surface area (Å²) < 4.78 is 30.9. The molecule has 0 aromatic rings. The lowest BCUT2D eigenvalue weighted by Crippen LogP contribution is -3.13. The van der Waals surface area contributed by atoms with E-state index in [1.807, 2.05) is 6.08 Å². The third kappa shape index (κ3) is 11.9. The Morgan fingerprint density at radius 1 is 1.09 bits per heavy atom. The van der Waals surface area contributed by atoms with Gasteiger partial charge in [0.05, 0.1) is 48.5 Å². The Bertz CT molecular complexity index is 1820. The maximum absolute atomic E-state index is 14.6. The van der Waals surface area contributed by atoms with Crippen LogP contribution in [0.2, 0.25) is 0 Å². The fourth-order valence-corrected chi connectivity index (χ4v) is 12.0. The van der Waals surface area contributed by atoms with E-state index in [9.17, 15) is 50.4 Å². The number of nitrogens with two attached hydrogens (primary N) is 1. The average molecular weight is 942 g/mol. The van der Waals surface area contributed by atoms with Crippen molar-refractivity contribution in [2.45, 2.75) is 114 Å². The van der Waals surface area contributed by atoms with Crippen LogP contribution in [0.3, 0.4) is 0 Å². The summed E-state index contributed by atoms with van der Waals surface area (Å²) >= 11 is 0. The molecule has 2 bridgehead atoms. The van der Waals surface area contributed by atoms with E-state index in [-0.39, 0.29) is 67.5 Å². The number of quaternary nitrogens is 1. The number of allylic oxidation sites excluding steroid dienone is 2. The molecule has 4 heterocycles. The van der Waals surface area contributed by atoms with Crippen molar-refractivity contribution in [1.29, 1.82) is 0 Å². The van der Waals surface area contributed by atoms with E-state index in [1.54, 1.807) is 32.2 Å². The van der Waals surface area contributed by atoms with Crippen LogP contribution in [0.5, 0.6) is 0 Å². The first-order chi connectivity index (χ1) is 30.7. The fraction of sp³-hybridized carbons (Fsp3) is 0.698. The van der Waals surface area contributed by atoms with Crippen LogP contribution in [-0.2, 0) is 33.3 Å². The number of carboxylic acids is 1. The van der Waals surface area contributed by atoms with Crippen LogP contribution in [0.4, 0.5) is 0 Å². The van der Waals surface area contributed by atoms with Gasteiger partial charge in [0.15, 0.2) is 18.4 Å². The first kappa shape index (κ1) is 50.4. The summed E-state index contributed by atoms with van der Waals surface area (Å²) in [6.45, 7) is 2.39. The van der Waals surface area contributed by atoms with Gasteiger partial charge in [-0.05, 0) is 64.7 Å². The Balaban J connectivity index is 1.50. The Morgan fingerprint density at radius 2 is 1.84 bits per heavy atom. The van der Waals surface area contributed by atoms with Crippen molar-refractivity contribution in [3.63, 3.8) is 0 Å². The molecule has 12 atom stereocenters. The number of aliphatic carboxylic acids is 1. The van der Waals surface area contributed by atoms with E-state index in [1.165, 1.54) is 27.8 Å². The summed E-state index contributed by atoms with van der Waals surface area (Å²) in [7, 11) is 3.05. The van der Waals surface area contributed by atoms with Crippen molar-refractivity contribution in [3.8, 4) is 0 Å². The van der Waals surface area contributed by atoms with Crippen LogP contribution in [-0.4, -0.2) is 165 Å². The number of nitrogens with one attached hydrogen (secondary N) is 2. The largest absolute Gasteiger partial charge is 0.477 e. The summed E-state index contributed by atoms with van der Waals surface area (Å²) in [4.78, 5) is 32.5. The van der Waals surface area contributed by atoms with E-state index < -0.39 is 85.3 Å². The topological polar surface area (TPSA) is 297 Å². The number of esters is 1. The van der Waals surface area contributed by atoms with Gasteiger partial charge in [-0.3, -0.25) is 9.89 Å². The van der Waals surface area contributed by atoms with Crippen LogP contribution in [0, 0.1) is 23.7 Å². The second-order valence-corrected chi connectivity index (χ2v) is 19.9. The number of hydrogen-bond acceptors (Lipinski definition) is 17. The monoisotopic (exact) mass is 941 g/mol. The summed E-state index contributed by atoms with van der Waals surface area (Å²) in [6, 6.07) is -0.440. The molecule has 358 valence electrons. The van der Waals surface area contributed by atoms with Crippen molar-refractivity contribution in [2.75, 3.05) is 51.0 Å². The van der Waals surface area contributed by atoms with Gasteiger partial charge in [0, 0.05) is 42.9 Å². The molecular formula is C43H65N4O15S2+. The van der Waals surface area contributed by atoms with E-state index in [2.05, 4.69) is 10.3 Å². The van der Waals surface area contributed by atoms with E-state index in [0.29, 0.717) is 41.2 Å². The van der Waals surface area contributed by atoms with Gasteiger partial charge in [-0.2, -0.15) is 0 Å². The van der Waals surface area contributed by atoms with Gasteiger partial charge in [-0.15, -0.1) is 0 Å². The third-order valence-electron chi connectivity index (χ3n) is 12.6.